The van der Waals surface area contributed by atoms with E-state index in [0.29, 0.717) is 10.8 Å². The fourth-order valence-electron chi connectivity index (χ4n) is 3.35. The van der Waals surface area contributed by atoms with Crippen LogP contribution in [0.1, 0.15) is 17.5 Å². The molecule has 0 radical (unpaired) electrons. The molecule has 0 bridgehead atoms. The molecule has 3 aromatic carbocycles. The lowest BCUT2D eigenvalue weighted by Gasteiger charge is -2.11. The molecule has 0 saturated carbocycles. The zero-order chi connectivity index (χ0) is 17.2. The van der Waals surface area contributed by atoms with Crippen LogP contribution >= 0.6 is 11.6 Å². The number of aryl methyl sites for hydroxylation is 2. The van der Waals surface area contributed by atoms with Crippen molar-refractivity contribution in [2.45, 2.75) is 19.3 Å². The van der Waals surface area contributed by atoms with E-state index in [0.717, 1.165) is 29.3 Å². The monoisotopic (exact) mass is 351 g/mol. The van der Waals surface area contributed by atoms with Crippen molar-refractivity contribution in [2.75, 3.05) is 11.9 Å². The summed E-state index contributed by atoms with van der Waals surface area (Å²) in [6.45, 7) is -0.0390. The van der Waals surface area contributed by atoms with Crippen LogP contribution in [0.4, 0.5) is 5.69 Å². The predicted octanol–water partition coefficient (Wildman–Crippen LogP) is 5.00. The lowest BCUT2D eigenvalue weighted by Crippen LogP contribution is -2.20. The number of carbonyl (C=O) groups is 1. The highest BCUT2D eigenvalue weighted by Crippen LogP contribution is 2.31. The minimum atomic E-state index is -0.169. The Bertz CT molecular complexity index is 952. The molecule has 0 aliphatic heterocycles. The number of fused-ring (bicyclic) bond motifs is 2. The Morgan fingerprint density at radius 2 is 1.80 bits per heavy atom. The molecule has 1 aliphatic carbocycles. The molecule has 0 aromatic heterocycles. The van der Waals surface area contributed by atoms with Crippen LogP contribution in [0.3, 0.4) is 0 Å². The molecule has 0 heterocycles. The summed E-state index contributed by atoms with van der Waals surface area (Å²) in [6, 6.07) is 17.5. The molecule has 4 rings (SSSR count). The minimum Gasteiger partial charge on any atom is -0.483 e. The molecule has 3 aromatic rings. The van der Waals surface area contributed by atoms with Crippen molar-refractivity contribution in [3.05, 3.63) is 70.7 Å². The van der Waals surface area contributed by atoms with E-state index < -0.39 is 0 Å². The average Bonchev–Trinajstić information content (AvgIpc) is 3.09. The van der Waals surface area contributed by atoms with Gasteiger partial charge in [0.1, 0.15) is 5.75 Å². The summed E-state index contributed by atoms with van der Waals surface area (Å²) in [4.78, 5) is 12.2. The molecule has 3 nitrogen and oxygen atoms in total. The van der Waals surface area contributed by atoms with Crippen molar-refractivity contribution >= 4 is 34.0 Å². The third-order valence-corrected chi connectivity index (χ3v) is 4.90. The summed E-state index contributed by atoms with van der Waals surface area (Å²) < 4.78 is 5.73. The van der Waals surface area contributed by atoms with Gasteiger partial charge in [-0.25, -0.2) is 0 Å². The Hall–Kier alpha value is -2.52. The first-order valence-corrected chi connectivity index (χ1v) is 8.80. The number of hydrogen-bond acceptors (Lipinski definition) is 2. The second-order valence-electron chi connectivity index (χ2n) is 6.26. The quantitative estimate of drug-likeness (QED) is 0.718. The standard InChI is InChI=1S/C21H18ClNO2/c22-19-10-11-20(18-7-2-1-6-17(18)19)25-13-21(24)23-16-9-8-14-4-3-5-15(14)12-16/h1-2,6-12H,3-5,13H2,(H,23,24). The van der Waals surface area contributed by atoms with Crippen molar-refractivity contribution in [3.63, 3.8) is 0 Å². The predicted molar refractivity (Wildman–Crippen MR) is 102 cm³/mol. The molecule has 0 unspecified atom stereocenters. The van der Waals surface area contributed by atoms with E-state index in [1.165, 1.54) is 17.5 Å². The van der Waals surface area contributed by atoms with E-state index in [1.54, 1.807) is 12.1 Å². The van der Waals surface area contributed by atoms with Crippen LogP contribution < -0.4 is 10.1 Å². The van der Waals surface area contributed by atoms with E-state index in [-0.39, 0.29) is 12.5 Å². The SMILES string of the molecule is O=C(COc1ccc(Cl)c2ccccc12)Nc1ccc2c(c1)CCC2. The number of ether oxygens (including phenoxy) is 1. The number of hydrogen-bond donors (Lipinski definition) is 1. The Morgan fingerprint density at radius 3 is 2.68 bits per heavy atom. The van der Waals surface area contributed by atoms with Crippen molar-refractivity contribution in [3.8, 4) is 5.75 Å². The van der Waals surface area contributed by atoms with Crippen LogP contribution in [0.25, 0.3) is 10.8 Å². The number of halogens is 1. The Labute approximate surface area is 151 Å². The van der Waals surface area contributed by atoms with Crippen LogP contribution in [0.5, 0.6) is 5.75 Å². The van der Waals surface area contributed by atoms with E-state index in [9.17, 15) is 4.79 Å². The van der Waals surface area contributed by atoms with Crippen molar-refractivity contribution in [1.29, 1.82) is 0 Å². The zero-order valence-electron chi connectivity index (χ0n) is 13.7. The van der Waals surface area contributed by atoms with Gasteiger partial charge < -0.3 is 10.1 Å². The molecule has 1 aliphatic rings. The van der Waals surface area contributed by atoms with Gasteiger partial charge in [-0.1, -0.05) is 41.9 Å². The summed E-state index contributed by atoms with van der Waals surface area (Å²) in [6.07, 6.45) is 3.42. The van der Waals surface area contributed by atoms with Gasteiger partial charge in [0.2, 0.25) is 0 Å². The third-order valence-electron chi connectivity index (χ3n) is 4.57. The number of rotatable bonds is 4. The summed E-state index contributed by atoms with van der Waals surface area (Å²) in [5.41, 5.74) is 3.56. The molecular formula is C21H18ClNO2. The number of benzene rings is 3. The van der Waals surface area contributed by atoms with Gasteiger partial charge in [-0.15, -0.1) is 0 Å². The first-order chi connectivity index (χ1) is 12.2. The lowest BCUT2D eigenvalue weighted by atomic mass is 10.1. The molecule has 25 heavy (non-hydrogen) atoms. The molecule has 1 N–H and O–H groups in total. The van der Waals surface area contributed by atoms with Gasteiger partial charge in [-0.3, -0.25) is 4.79 Å². The molecule has 0 atom stereocenters. The van der Waals surface area contributed by atoms with Gasteiger partial charge in [0.15, 0.2) is 6.61 Å². The molecule has 4 heteroatoms. The van der Waals surface area contributed by atoms with Crippen LogP contribution in [-0.2, 0) is 17.6 Å². The first kappa shape index (κ1) is 16.0. The van der Waals surface area contributed by atoms with Gasteiger partial charge in [0.05, 0.1) is 0 Å². The minimum absolute atomic E-state index is 0.0390. The lowest BCUT2D eigenvalue weighted by molar-refractivity contribution is -0.118. The molecule has 0 saturated heterocycles. The van der Waals surface area contributed by atoms with Crippen LogP contribution in [-0.4, -0.2) is 12.5 Å². The number of anilines is 1. The fraction of sp³-hybridized carbons (Fsp3) is 0.190. The maximum atomic E-state index is 12.2. The highest BCUT2D eigenvalue weighted by molar-refractivity contribution is 6.35. The van der Waals surface area contributed by atoms with Gasteiger partial charge in [0.25, 0.3) is 5.91 Å². The Balaban J connectivity index is 1.45. The van der Waals surface area contributed by atoms with Crippen LogP contribution in [0.2, 0.25) is 5.02 Å². The summed E-state index contributed by atoms with van der Waals surface area (Å²) in [5, 5.41) is 5.40. The normalized spacial score (nSPS) is 12.8. The zero-order valence-corrected chi connectivity index (χ0v) is 14.5. The number of carbonyl (C=O) groups excluding carboxylic acids is 1. The maximum Gasteiger partial charge on any atom is 0.262 e. The number of amides is 1. The summed E-state index contributed by atoms with van der Waals surface area (Å²) >= 11 is 6.21. The van der Waals surface area contributed by atoms with Gasteiger partial charge in [-0.05, 0) is 54.7 Å². The van der Waals surface area contributed by atoms with Crippen molar-refractivity contribution in [2.24, 2.45) is 0 Å². The fourth-order valence-corrected chi connectivity index (χ4v) is 3.58. The average molecular weight is 352 g/mol. The first-order valence-electron chi connectivity index (χ1n) is 8.42. The van der Waals surface area contributed by atoms with Crippen LogP contribution in [0.15, 0.2) is 54.6 Å². The molecule has 0 spiro atoms. The number of nitrogens with one attached hydrogen (secondary N) is 1. The van der Waals surface area contributed by atoms with E-state index in [1.807, 2.05) is 30.3 Å². The van der Waals surface area contributed by atoms with Crippen molar-refractivity contribution < 1.29 is 9.53 Å². The second-order valence-corrected chi connectivity index (χ2v) is 6.67. The highest BCUT2D eigenvalue weighted by atomic mass is 35.5. The van der Waals surface area contributed by atoms with E-state index >= 15 is 0 Å². The smallest absolute Gasteiger partial charge is 0.262 e. The second kappa shape index (κ2) is 6.77. The Kier molecular flexibility index (Phi) is 4.33. The maximum absolute atomic E-state index is 12.2. The summed E-state index contributed by atoms with van der Waals surface area (Å²) in [7, 11) is 0. The molecule has 126 valence electrons. The molecule has 1 amide bonds. The molecular weight excluding hydrogens is 334 g/mol. The highest BCUT2D eigenvalue weighted by Gasteiger charge is 2.12. The van der Waals surface area contributed by atoms with Crippen LogP contribution in [0, 0.1) is 0 Å². The van der Waals surface area contributed by atoms with E-state index in [4.69, 9.17) is 16.3 Å². The van der Waals surface area contributed by atoms with Gasteiger partial charge >= 0.3 is 0 Å². The third kappa shape index (κ3) is 3.33. The van der Waals surface area contributed by atoms with Gasteiger partial charge in [-0.2, -0.15) is 0 Å². The molecule has 0 fully saturated rings. The van der Waals surface area contributed by atoms with Crippen molar-refractivity contribution in [1.82, 2.24) is 0 Å². The topological polar surface area (TPSA) is 38.3 Å². The van der Waals surface area contributed by atoms with Gasteiger partial charge in [0, 0.05) is 21.5 Å². The largest absolute Gasteiger partial charge is 0.483 e. The summed E-state index contributed by atoms with van der Waals surface area (Å²) in [5.74, 6) is 0.487. The van der Waals surface area contributed by atoms with E-state index in [2.05, 4.69) is 17.4 Å². The Morgan fingerprint density at radius 1 is 1.00 bits per heavy atom.